The lowest BCUT2D eigenvalue weighted by molar-refractivity contribution is -0.267. The highest BCUT2D eigenvalue weighted by molar-refractivity contribution is 9.10. The summed E-state index contributed by atoms with van der Waals surface area (Å²) in [6.45, 7) is 2.13. The fourth-order valence-electron chi connectivity index (χ4n) is 9.39. The third-order valence-electron chi connectivity index (χ3n) is 14.8. The Balaban J connectivity index is 0.000000161. The fraction of sp³-hybridized carbons (Fsp3) is 0.370. The van der Waals surface area contributed by atoms with Crippen LogP contribution in [0.4, 0.5) is 64.6 Å². The number of aryl methyl sites for hydroxylation is 2. The summed E-state index contributed by atoms with van der Waals surface area (Å²) in [5, 5.41) is 40.9. The topological polar surface area (TPSA) is 210 Å². The van der Waals surface area contributed by atoms with E-state index in [-0.39, 0.29) is 61.5 Å². The monoisotopic (exact) mass is 1280 g/mol. The Hall–Kier alpha value is -7.36. The van der Waals surface area contributed by atoms with Crippen LogP contribution in [-0.4, -0.2) is 140 Å². The highest BCUT2D eigenvalue weighted by atomic mass is 79.9. The number of β-amino-alcohol motifs (C(OH)–C–C–N with tert-alkyl or cyclic N) is 2. The van der Waals surface area contributed by atoms with E-state index < -0.39 is 105 Å². The number of hydrogen-bond acceptors (Lipinski definition) is 16. The van der Waals surface area contributed by atoms with Gasteiger partial charge in [-0.3, -0.25) is 8.80 Å². The quantitative estimate of drug-likeness (QED) is 0.0664. The first kappa shape index (κ1) is 63.2. The Bertz CT molecular complexity index is 3740. The third kappa shape index (κ3) is 12.5. The largest absolute Gasteiger partial charge is 0.498 e. The standard InChI is InChI=1S/C24H19F6N5O3.C16H12BrF3N2O2.C14H19BF3N3O3/c1-12-19(20(36)14-4-2-3-5-17(14)38-21(26)27)35-9-15(16(25)6-18(35)33-12)13-7-31-22(32-8-13)34-10-23(37,11-34)24(28,29)30;1-8-14(22-7-10(17)11(18)6-13(22)21-8)15(23)9-4-2-3-5-12(9)24-16(19)20;1-11(2)12(3,4)24-15(23-11)9-5-19-10(20-6-9)21-7-13(22,8-21)14(16,17)18/h2-9,20-21,36-37H,10-11H2,1H3;2-7,15-16,23H,1H3;5-6,22H,7-8H2,1-4H3/t20-;15-;/m00./s1. The molecule has 18 nitrogen and oxygen atoms in total. The zero-order chi connectivity index (χ0) is 62.8. The van der Waals surface area contributed by atoms with E-state index in [0.717, 1.165) is 11.0 Å². The van der Waals surface area contributed by atoms with Crippen LogP contribution in [0.15, 0.2) is 102 Å². The number of benzene rings is 2. The van der Waals surface area contributed by atoms with E-state index >= 15 is 4.39 Å². The Labute approximate surface area is 488 Å². The van der Waals surface area contributed by atoms with Gasteiger partial charge in [0.25, 0.3) is 0 Å². The van der Waals surface area contributed by atoms with Crippen LogP contribution in [0.5, 0.6) is 11.5 Å². The average molecular weight is 1290 g/mol. The van der Waals surface area contributed by atoms with Crippen LogP contribution in [0, 0.1) is 25.5 Å². The molecule has 3 fully saturated rings. The second-order valence-corrected chi connectivity index (χ2v) is 22.1. The van der Waals surface area contributed by atoms with Gasteiger partial charge >= 0.3 is 32.7 Å². The smallest absolute Gasteiger partial charge is 0.434 e. The highest BCUT2D eigenvalue weighted by Crippen LogP contribution is 2.42. The number of anilines is 2. The van der Waals surface area contributed by atoms with E-state index in [1.165, 1.54) is 99.4 Å². The molecule has 3 saturated heterocycles. The summed E-state index contributed by atoms with van der Waals surface area (Å²) in [6, 6.07) is 14.0. The number of pyridine rings is 2. The first-order valence-electron chi connectivity index (χ1n) is 25.6. The normalized spacial score (nSPS) is 17.6. The molecular formula is C54H50BBrF12N10O8. The van der Waals surface area contributed by atoms with Crippen molar-refractivity contribution in [3.8, 4) is 22.6 Å². The van der Waals surface area contributed by atoms with Crippen molar-refractivity contribution >= 4 is 51.7 Å². The van der Waals surface area contributed by atoms with Crippen molar-refractivity contribution in [2.75, 3.05) is 36.0 Å². The van der Waals surface area contributed by atoms with Gasteiger partial charge in [0.2, 0.25) is 11.9 Å². The molecule has 3 aliphatic rings. The molecule has 3 aliphatic heterocycles. The minimum Gasteiger partial charge on any atom is -0.434 e. The summed E-state index contributed by atoms with van der Waals surface area (Å²) in [6.07, 6.45) is -4.07. The lowest BCUT2D eigenvalue weighted by Crippen LogP contribution is -2.69. The highest BCUT2D eigenvalue weighted by Gasteiger charge is 2.63. The van der Waals surface area contributed by atoms with E-state index in [1.54, 1.807) is 19.9 Å². The van der Waals surface area contributed by atoms with Gasteiger partial charge in [0.05, 0.1) is 64.6 Å². The molecule has 32 heteroatoms. The number of nitrogens with zero attached hydrogens (tertiary/aromatic N) is 10. The number of para-hydroxylation sites is 2. The molecule has 11 rings (SSSR count). The zero-order valence-corrected chi connectivity index (χ0v) is 47.3. The first-order valence-corrected chi connectivity index (χ1v) is 26.4. The van der Waals surface area contributed by atoms with Crippen molar-refractivity contribution in [1.82, 2.24) is 38.7 Å². The van der Waals surface area contributed by atoms with E-state index in [9.17, 15) is 68.7 Å². The molecule has 2 atom stereocenters. The number of imidazole rings is 2. The minimum absolute atomic E-state index is 0.0116. The van der Waals surface area contributed by atoms with Gasteiger partial charge in [-0.15, -0.1) is 0 Å². The number of aliphatic hydroxyl groups is 4. The first-order chi connectivity index (χ1) is 40.1. The maximum absolute atomic E-state index is 15.0. The molecular weight excluding hydrogens is 1240 g/mol. The van der Waals surface area contributed by atoms with Crippen LogP contribution in [0.1, 0.15) is 73.8 Å². The van der Waals surface area contributed by atoms with Gasteiger partial charge in [-0.05, 0) is 69.6 Å². The third-order valence-corrected chi connectivity index (χ3v) is 15.3. The lowest BCUT2D eigenvalue weighted by atomic mass is 9.81. The molecule has 0 saturated carbocycles. The minimum atomic E-state index is -4.79. The van der Waals surface area contributed by atoms with Gasteiger partial charge in [-0.2, -0.15) is 43.9 Å². The molecule has 0 unspecified atom stereocenters. The van der Waals surface area contributed by atoms with E-state index in [4.69, 9.17) is 9.31 Å². The van der Waals surface area contributed by atoms with Crippen LogP contribution < -0.4 is 24.7 Å². The number of aliphatic hydroxyl groups excluding tert-OH is 2. The number of aromatic nitrogens is 8. The average Bonchev–Trinajstić information content (AvgIpc) is 1.13. The molecule has 0 spiro atoms. The van der Waals surface area contributed by atoms with Gasteiger partial charge in [0.15, 0.2) is 11.2 Å². The number of ether oxygens (including phenoxy) is 2. The number of fused-ring (bicyclic) bond motifs is 2. The van der Waals surface area contributed by atoms with Crippen molar-refractivity contribution in [1.29, 1.82) is 0 Å². The van der Waals surface area contributed by atoms with Crippen LogP contribution in [0.2, 0.25) is 0 Å². The fourth-order valence-corrected chi connectivity index (χ4v) is 9.71. The van der Waals surface area contributed by atoms with E-state index in [0.29, 0.717) is 28.2 Å². The maximum Gasteiger partial charge on any atom is 0.498 e. The number of alkyl halides is 10. The molecule has 0 bridgehead atoms. The summed E-state index contributed by atoms with van der Waals surface area (Å²) < 4.78 is 180. The lowest BCUT2D eigenvalue weighted by Gasteiger charge is -2.46. The molecule has 6 aromatic heterocycles. The summed E-state index contributed by atoms with van der Waals surface area (Å²) in [5.41, 5.74) is -3.87. The molecule has 458 valence electrons. The molecule has 0 radical (unpaired) electrons. The Kier molecular flexibility index (Phi) is 17.2. The molecule has 0 aliphatic carbocycles. The van der Waals surface area contributed by atoms with Gasteiger partial charge in [0.1, 0.15) is 46.6 Å². The number of hydrogen-bond donors (Lipinski definition) is 4. The van der Waals surface area contributed by atoms with Crippen molar-refractivity contribution in [3.05, 3.63) is 148 Å². The zero-order valence-electron chi connectivity index (χ0n) is 45.8. The molecule has 86 heavy (non-hydrogen) atoms. The summed E-state index contributed by atoms with van der Waals surface area (Å²) in [5.74, 6) is -1.51. The maximum atomic E-state index is 15.0. The second-order valence-electron chi connectivity index (χ2n) is 21.2. The number of rotatable bonds is 12. The Morgan fingerprint density at radius 2 is 0.988 bits per heavy atom. The Morgan fingerprint density at radius 3 is 1.40 bits per heavy atom. The molecule has 0 amide bonds. The van der Waals surface area contributed by atoms with Crippen molar-refractivity contribution in [3.63, 3.8) is 0 Å². The second kappa shape index (κ2) is 23.4. The molecule has 9 heterocycles. The van der Waals surface area contributed by atoms with Crippen LogP contribution in [-0.2, 0) is 9.31 Å². The molecule has 8 aromatic rings. The predicted molar refractivity (Wildman–Crippen MR) is 287 cm³/mol. The van der Waals surface area contributed by atoms with Gasteiger partial charge in [0, 0.05) is 77.0 Å². The summed E-state index contributed by atoms with van der Waals surface area (Å²) in [7, 11) is -0.632. The molecule has 4 N–H and O–H groups in total. The summed E-state index contributed by atoms with van der Waals surface area (Å²) >= 11 is 3.08. The molecule has 2 aromatic carbocycles. The number of halogens is 13. The predicted octanol–water partition coefficient (Wildman–Crippen LogP) is 9.15. The van der Waals surface area contributed by atoms with Crippen LogP contribution >= 0.6 is 15.9 Å². The van der Waals surface area contributed by atoms with Crippen molar-refractivity contribution in [2.45, 2.75) is 102 Å². The van der Waals surface area contributed by atoms with Gasteiger partial charge in [-0.1, -0.05) is 36.4 Å². The van der Waals surface area contributed by atoms with Crippen LogP contribution in [0.3, 0.4) is 0 Å². The van der Waals surface area contributed by atoms with Crippen molar-refractivity contribution in [2.24, 2.45) is 0 Å². The van der Waals surface area contributed by atoms with Crippen molar-refractivity contribution < 1.29 is 91.9 Å². The van der Waals surface area contributed by atoms with E-state index in [2.05, 4.69) is 55.3 Å². The van der Waals surface area contributed by atoms with Crippen LogP contribution in [0.25, 0.3) is 22.4 Å². The van der Waals surface area contributed by atoms with Gasteiger partial charge < -0.3 is 49.0 Å². The summed E-state index contributed by atoms with van der Waals surface area (Å²) in [4.78, 5) is 27.0. The van der Waals surface area contributed by atoms with Gasteiger partial charge in [-0.25, -0.2) is 38.7 Å². The van der Waals surface area contributed by atoms with E-state index in [1.807, 2.05) is 27.7 Å². The Morgan fingerprint density at radius 1 is 0.605 bits per heavy atom. The SMILES string of the molecule is CC1(C)OB(c2cnc(N3CC(O)(C(F)(F)F)C3)nc2)OC1(C)C.Cc1nc2cc(F)c(-c3cnc(N4CC(O)(C(F)(F)F)C4)nc3)cn2c1[C@@H](O)c1ccccc1OC(F)F.Cc1nc2cc(F)c(Br)cn2c1[C@@H](O)c1ccccc1OC(F)F.